The van der Waals surface area contributed by atoms with Crippen molar-refractivity contribution in [3.63, 3.8) is 0 Å². The number of hydrogen-bond acceptors (Lipinski definition) is 8. The summed E-state index contributed by atoms with van der Waals surface area (Å²) >= 11 is -0.346. The second-order valence-electron chi connectivity index (χ2n) is 7.33. The van der Waals surface area contributed by atoms with Gasteiger partial charge in [-0.1, -0.05) is 0 Å². The molecule has 8 nitrogen and oxygen atoms in total. The summed E-state index contributed by atoms with van der Waals surface area (Å²) in [6, 6.07) is 14.2. The molecule has 4 aromatic rings. The normalized spacial score (nSPS) is 9.78. The number of carbonyl (C=O) groups is 2. The van der Waals surface area contributed by atoms with Gasteiger partial charge in [-0.15, -0.1) is 0 Å². The van der Waals surface area contributed by atoms with Gasteiger partial charge in [0.25, 0.3) is 0 Å². The monoisotopic (exact) mass is 628 g/mol. The van der Waals surface area contributed by atoms with Crippen molar-refractivity contribution in [2.75, 3.05) is 14.2 Å². The van der Waals surface area contributed by atoms with E-state index in [1.807, 2.05) is 36.7 Å². The Hall–Kier alpha value is -3.26. The Morgan fingerprint density at radius 3 is 1.22 bits per heavy atom. The van der Waals surface area contributed by atoms with Crippen LogP contribution in [0.3, 0.4) is 0 Å². The van der Waals surface area contributed by atoms with E-state index >= 15 is 0 Å². The van der Waals surface area contributed by atoms with Crippen LogP contribution in [0, 0.1) is 13.8 Å². The van der Waals surface area contributed by atoms with Crippen molar-refractivity contribution in [1.29, 1.82) is 0 Å². The summed E-state index contributed by atoms with van der Waals surface area (Å²) in [4.78, 5) is 39.8. The number of rotatable bonds is 4. The molecular formula is C26H24Cl2N4O4Ru. The van der Waals surface area contributed by atoms with E-state index in [9.17, 15) is 9.59 Å². The Morgan fingerprint density at radius 2 is 0.919 bits per heavy atom. The van der Waals surface area contributed by atoms with E-state index in [0.717, 1.165) is 11.4 Å². The van der Waals surface area contributed by atoms with E-state index in [1.165, 1.54) is 37.7 Å². The molecule has 0 saturated heterocycles. The van der Waals surface area contributed by atoms with Gasteiger partial charge in [0, 0.05) is 24.8 Å². The maximum atomic E-state index is 11.5. The molecule has 0 saturated carbocycles. The Morgan fingerprint density at radius 1 is 0.622 bits per heavy atom. The Balaban J connectivity index is 0.000000247. The first-order valence-corrected chi connectivity index (χ1v) is 15.1. The minimum absolute atomic E-state index is 0.346. The van der Waals surface area contributed by atoms with Crippen molar-refractivity contribution >= 4 is 31.3 Å². The first-order chi connectivity index (χ1) is 17.8. The van der Waals surface area contributed by atoms with Gasteiger partial charge >= 0.3 is 46.5 Å². The van der Waals surface area contributed by atoms with Crippen molar-refractivity contribution in [3.05, 3.63) is 95.6 Å². The van der Waals surface area contributed by atoms with Gasteiger partial charge in [-0.25, -0.2) is 9.59 Å². The molecule has 0 aromatic carbocycles. The third-order valence-corrected chi connectivity index (χ3v) is 4.72. The van der Waals surface area contributed by atoms with Crippen molar-refractivity contribution in [2.24, 2.45) is 0 Å². The molecule has 0 unspecified atom stereocenters. The fourth-order valence-corrected chi connectivity index (χ4v) is 2.98. The number of ether oxygens (including phenoxy) is 2. The van der Waals surface area contributed by atoms with Crippen LogP contribution in [0.5, 0.6) is 0 Å². The summed E-state index contributed by atoms with van der Waals surface area (Å²) in [5, 5.41) is 0. The molecule has 0 aliphatic heterocycles. The third-order valence-electron chi connectivity index (χ3n) is 4.72. The first-order valence-electron chi connectivity index (χ1n) is 10.6. The zero-order chi connectivity index (χ0) is 27.2. The SMILES string of the molecule is COC(=O)c1ccnc(-c2cc(C(=O)OC)ccn2)c1.Cc1ccnc(-c2cc(C)ccn2)c1.[Cl][Ru][Cl]. The average molecular weight is 628 g/mol. The molecule has 0 N–H and O–H groups in total. The zero-order valence-corrected chi connectivity index (χ0v) is 23.7. The number of halogens is 2. The summed E-state index contributed by atoms with van der Waals surface area (Å²) in [6.45, 7) is 4.11. The van der Waals surface area contributed by atoms with Crippen LogP contribution in [0.15, 0.2) is 73.3 Å². The van der Waals surface area contributed by atoms with Gasteiger partial charge in [0.05, 0.1) is 48.1 Å². The quantitative estimate of drug-likeness (QED) is 0.205. The molecule has 4 rings (SSSR count). The van der Waals surface area contributed by atoms with E-state index in [1.54, 1.807) is 24.3 Å². The molecule has 0 bridgehead atoms. The van der Waals surface area contributed by atoms with E-state index in [-0.39, 0.29) is 15.1 Å². The minimum atomic E-state index is -0.460. The molecule has 4 aromatic heterocycles. The van der Waals surface area contributed by atoms with Crippen LogP contribution in [0.25, 0.3) is 22.8 Å². The van der Waals surface area contributed by atoms with Gasteiger partial charge in [0.15, 0.2) is 0 Å². The number of nitrogens with zero attached hydrogens (tertiary/aromatic N) is 4. The molecule has 0 radical (unpaired) electrons. The van der Waals surface area contributed by atoms with Crippen LogP contribution in [0.4, 0.5) is 0 Å². The predicted octanol–water partition coefficient (Wildman–Crippen LogP) is 5.85. The molecule has 0 atom stereocenters. The van der Waals surface area contributed by atoms with E-state index in [0.29, 0.717) is 22.5 Å². The van der Waals surface area contributed by atoms with Crippen LogP contribution in [-0.4, -0.2) is 46.1 Å². The molecule has 0 aliphatic carbocycles. The molecule has 11 heteroatoms. The second-order valence-corrected chi connectivity index (χ2v) is 9.97. The van der Waals surface area contributed by atoms with Crippen LogP contribution in [-0.2, 0) is 24.6 Å². The number of aromatic nitrogens is 4. The van der Waals surface area contributed by atoms with Crippen molar-refractivity contribution in [2.45, 2.75) is 13.8 Å². The molecule has 0 spiro atoms. The maximum absolute atomic E-state index is 11.5. The van der Waals surface area contributed by atoms with Crippen molar-refractivity contribution in [1.82, 2.24) is 19.9 Å². The number of aryl methyl sites for hydroxylation is 2. The van der Waals surface area contributed by atoms with E-state index in [2.05, 4.69) is 43.3 Å². The van der Waals surface area contributed by atoms with Gasteiger partial charge in [-0.05, 0) is 73.5 Å². The number of methoxy groups -OCH3 is 2. The third kappa shape index (κ3) is 9.61. The van der Waals surface area contributed by atoms with E-state index in [4.69, 9.17) is 19.4 Å². The Bertz CT molecular complexity index is 1240. The standard InChI is InChI=1S/C14H12N2O4.C12H12N2.2ClH.Ru/c1-19-13(17)9-3-5-15-11(7-9)12-8-10(4-6-16-12)14(18)20-2;1-9-3-5-13-11(7-9)12-8-10(2)4-6-14-12;;;/h3-8H,1-2H3;3-8H,1-2H3;2*1H;/q;;;;+2/p-2. The Kier molecular flexibility index (Phi) is 12.8. The van der Waals surface area contributed by atoms with Crippen molar-refractivity contribution < 1.29 is 34.2 Å². The molecule has 0 amide bonds. The number of pyridine rings is 4. The average Bonchev–Trinajstić information content (AvgIpc) is 2.93. The van der Waals surface area contributed by atoms with E-state index < -0.39 is 11.9 Å². The molecular weight excluding hydrogens is 604 g/mol. The summed E-state index contributed by atoms with van der Waals surface area (Å²) in [7, 11) is 12.3. The zero-order valence-electron chi connectivity index (χ0n) is 20.5. The number of esters is 2. The topological polar surface area (TPSA) is 104 Å². The summed E-state index contributed by atoms with van der Waals surface area (Å²) in [5.74, 6) is -0.921. The fraction of sp³-hybridized carbons (Fsp3) is 0.154. The predicted molar refractivity (Wildman–Crippen MR) is 139 cm³/mol. The fourth-order valence-electron chi connectivity index (χ4n) is 2.98. The molecule has 194 valence electrons. The van der Waals surface area contributed by atoms with Crippen LogP contribution in [0.1, 0.15) is 31.8 Å². The number of hydrogen-bond donors (Lipinski definition) is 0. The van der Waals surface area contributed by atoms with Crippen LogP contribution >= 0.6 is 19.4 Å². The van der Waals surface area contributed by atoms with Gasteiger partial charge in [0.2, 0.25) is 0 Å². The molecule has 0 fully saturated rings. The summed E-state index contributed by atoms with van der Waals surface area (Å²) < 4.78 is 9.29. The first kappa shape index (κ1) is 30.0. The van der Waals surface area contributed by atoms with Gasteiger partial charge < -0.3 is 9.47 Å². The summed E-state index contributed by atoms with van der Waals surface area (Å²) in [6.07, 6.45) is 6.59. The molecule has 37 heavy (non-hydrogen) atoms. The van der Waals surface area contributed by atoms with Gasteiger partial charge in [-0.3, -0.25) is 19.9 Å². The van der Waals surface area contributed by atoms with Gasteiger partial charge in [-0.2, -0.15) is 0 Å². The van der Waals surface area contributed by atoms with Gasteiger partial charge in [0.1, 0.15) is 0 Å². The van der Waals surface area contributed by atoms with Crippen molar-refractivity contribution in [3.8, 4) is 22.8 Å². The van der Waals surface area contributed by atoms with Crippen LogP contribution in [0.2, 0.25) is 0 Å². The Labute approximate surface area is 231 Å². The number of carbonyl (C=O) groups excluding carboxylic acids is 2. The van der Waals surface area contributed by atoms with Crippen LogP contribution < -0.4 is 0 Å². The molecule has 4 heterocycles. The molecule has 0 aliphatic rings. The second kappa shape index (κ2) is 15.8. The summed E-state index contributed by atoms with van der Waals surface area (Å²) in [5.41, 5.74) is 5.96.